The Balaban J connectivity index is 1.29. The first-order valence-corrected chi connectivity index (χ1v) is 9.48. The number of pyridine rings is 1. The van der Waals surface area contributed by atoms with Gasteiger partial charge in [0, 0.05) is 31.7 Å². The fourth-order valence-corrected chi connectivity index (χ4v) is 4.39. The zero-order valence-corrected chi connectivity index (χ0v) is 15.5. The van der Waals surface area contributed by atoms with E-state index in [1.807, 2.05) is 6.07 Å². The molecule has 27 heavy (non-hydrogen) atoms. The number of para-hydroxylation sites is 1. The molecule has 2 heterocycles. The average Bonchev–Trinajstić information content (AvgIpc) is 3.21. The van der Waals surface area contributed by atoms with Crippen molar-refractivity contribution in [3.63, 3.8) is 0 Å². The third-order valence-corrected chi connectivity index (χ3v) is 5.71. The first kappa shape index (κ1) is 18.0. The second-order valence-corrected chi connectivity index (χ2v) is 7.52. The van der Waals surface area contributed by atoms with Crippen molar-refractivity contribution in [1.82, 2.24) is 9.88 Å². The lowest BCUT2D eigenvalue weighted by Crippen LogP contribution is -2.26. The van der Waals surface area contributed by atoms with Gasteiger partial charge in [0.2, 0.25) is 0 Å². The number of ether oxygens (including phenoxy) is 2. The van der Waals surface area contributed by atoms with E-state index in [-0.39, 0.29) is 23.4 Å². The molecule has 2 aromatic rings. The second kappa shape index (κ2) is 7.72. The summed E-state index contributed by atoms with van der Waals surface area (Å²) < 4.78 is 25.3. The smallest absolute Gasteiger partial charge is 0.197 e. The van der Waals surface area contributed by atoms with E-state index in [9.17, 15) is 9.50 Å². The van der Waals surface area contributed by atoms with Gasteiger partial charge in [-0.2, -0.15) is 0 Å². The van der Waals surface area contributed by atoms with Crippen molar-refractivity contribution in [2.75, 3.05) is 26.7 Å². The number of halogens is 1. The predicted molar refractivity (Wildman–Crippen MR) is 99.6 cm³/mol. The summed E-state index contributed by atoms with van der Waals surface area (Å²) >= 11 is 0. The summed E-state index contributed by atoms with van der Waals surface area (Å²) in [6.07, 6.45) is 4.33. The van der Waals surface area contributed by atoms with Gasteiger partial charge in [0.1, 0.15) is 5.75 Å². The molecule has 2 aliphatic rings. The molecule has 0 bridgehead atoms. The number of rotatable bonds is 6. The highest BCUT2D eigenvalue weighted by molar-refractivity contribution is 5.41. The molecule has 0 unspecified atom stereocenters. The molecule has 0 spiro atoms. The van der Waals surface area contributed by atoms with Crippen molar-refractivity contribution in [1.29, 1.82) is 0 Å². The molecule has 6 heteroatoms. The van der Waals surface area contributed by atoms with E-state index in [0.29, 0.717) is 17.6 Å². The van der Waals surface area contributed by atoms with E-state index in [1.165, 1.54) is 19.4 Å². The summed E-state index contributed by atoms with van der Waals surface area (Å²) in [5.74, 6) is 1.72. The minimum Gasteiger partial charge on any atom is -0.506 e. The highest BCUT2D eigenvalue weighted by atomic mass is 19.1. The maximum absolute atomic E-state index is 14.1. The monoisotopic (exact) mass is 372 g/mol. The van der Waals surface area contributed by atoms with Crippen molar-refractivity contribution < 1.29 is 19.0 Å². The van der Waals surface area contributed by atoms with Gasteiger partial charge in [-0.1, -0.05) is 6.07 Å². The fraction of sp³-hybridized carbons (Fsp3) is 0.476. The lowest BCUT2D eigenvalue weighted by molar-refractivity contribution is 0.172. The summed E-state index contributed by atoms with van der Waals surface area (Å²) in [5, 5.41) is 9.31. The Morgan fingerprint density at radius 1 is 1.19 bits per heavy atom. The van der Waals surface area contributed by atoms with Gasteiger partial charge in [0.25, 0.3) is 0 Å². The Kier molecular flexibility index (Phi) is 5.16. The molecule has 2 fully saturated rings. The number of hydrogen-bond acceptors (Lipinski definition) is 5. The summed E-state index contributed by atoms with van der Waals surface area (Å²) in [4.78, 5) is 6.73. The van der Waals surface area contributed by atoms with Crippen LogP contribution in [0.5, 0.6) is 17.2 Å². The highest BCUT2D eigenvalue weighted by Gasteiger charge is 2.42. The summed E-state index contributed by atoms with van der Waals surface area (Å²) in [6.45, 7) is 3.07. The molecule has 0 radical (unpaired) electrons. The molecule has 1 N–H and O–H groups in total. The molecule has 1 aliphatic carbocycles. The zero-order valence-electron chi connectivity index (χ0n) is 15.5. The molecule has 1 aromatic heterocycles. The van der Waals surface area contributed by atoms with Crippen LogP contribution in [0.1, 0.15) is 18.5 Å². The number of benzene rings is 1. The van der Waals surface area contributed by atoms with Crippen molar-refractivity contribution >= 4 is 0 Å². The molecule has 5 nitrogen and oxygen atoms in total. The number of fused-ring (bicyclic) bond motifs is 1. The first-order chi connectivity index (χ1) is 13.1. The number of aromatic nitrogens is 1. The van der Waals surface area contributed by atoms with E-state index in [0.717, 1.165) is 44.6 Å². The normalized spacial score (nSPS) is 24.7. The molecule has 3 atom stereocenters. The Morgan fingerprint density at radius 2 is 1.96 bits per heavy atom. The van der Waals surface area contributed by atoms with Gasteiger partial charge in [-0.25, -0.2) is 4.39 Å². The highest BCUT2D eigenvalue weighted by Crippen LogP contribution is 2.41. The minimum absolute atomic E-state index is 0.0479. The predicted octanol–water partition coefficient (Wildman–Crippen LogP) is 3.27. The van der Waals surface area contributed by atoms with E-state index in [4.69, 9.17) is 9.47 Å². The standard InChI is InChI=1S/C21H25FN2O3/c1-26-20-4-2-3-19(22)21(20)27-18-9-14-12-24(13-15(14)10-18)8-7-16-5-6-17(25)11-23-16/h2-6,11,14-15,18,25H,7-10,12-13H2,1H3/t14-,15+,18+. The number of methoxy groups -OCH3 is 1. The Morgan fingerprint density at radius 3 is 2.63 bits per heavy atom. The van der Waals surface area contributed by atoms with Crippen molar-refractivity contribution in [3.8, 4) is 17.2 Å². The van der Waals surface area contributed by atoms with Crippen LogP contribution in [-0.2, 0) is 6.42 Å². The fourth-order valence-electron chi connectivity index (χ4n) is 4.39. The topological polar surface area (TPSA) is 54.8 Å². The zero-order chi connectivity index (χ0) is 18.8. The van der Waals surface area contributed by atoms with E-state index >= 15 is 0 Å². The van der Waals surface area contributed by atoms with Crippen LogP contribution in [0.3, 0.4) is 0 Å². The number of likely N-dealkylation sites (tertiary alicyclic amines) is 1. The molecule has 4 rings (SSSR count). The minimum atomic E-state index is -0.366. The molecule has 1 aromatic carbocycles. The second-order valence-electron chi connectivity index (χ2n) is 7.52. The molecular formula is C21H25FN2O3. The van der Waals surface area contributed by atoms with Gasteiger partial charge in [-0.15, -0.1) is 0 Å². The Bertz CT molecular complexity index is 769. The quantitative estimate of drug-likeness (QED) is 0.843. The maximum atomic E-state index is 14.1. The molecule has 0 amide bonds. The average molecular weight is 372 g/mol. The molecular weight excluding hydrogens is 347 g/mol. The first-order valence-electron chi connectivity index (χ1n) is 9.48. The lowest BCUT2D eigenvalue weighted by atomic mass is 10.0. The van der Waals surface area contributed by atoms with Crippen molar-refractivity contribution in [2.24, 2.45) is 11.8 Å². The van der Waals surface area contributed by atoms with Gasteiger partial charge in [0.05, 0.1) is 19.4 Å². The SMILES string of the molecule is COc1cccc(F)c1O[C@H]1C[C@@H]2CN(CCc3ccc(O)cn3)C[C@@H]2C1. The Hall–Kier alpha value is -2.34. The number of hydrogen-bond donors (Lipinski definition) is 1. The van der Waals surface area contributed by atoms with Crippen LogP contribution in [0.2, 0.25) is 0 Å². The van der Waals surface area contributed by atoms with E-state index in [1.54, 1.807) is 18.2 Å². The third-order valence-electron chi connectivity index (χ3n) is 5.71. The van der Waals surface area contributed by atoms with E-state index in [2.05, 4.69) is 9.88 Å². The number of aromatic hydroxyl groups is 1. The van der Waals surface area contributed by atoms with Crippen LogP contribution in [0.4, 0.5) is 4.39 Å². The van der Waals surface area contributed by atoms with Crippen LogP contribution in [0.15, 0.2) is 36.5 Å². The van der Waals surface area contributed by atoms with Gasteiger partial charge in [-0.3, -0.25) is 4.98 Å². The Labute approximate surface area is 158 Å². The van der Waals surface area contributed by atoms with Crippen molar-refractivity contribution in [2.45, 2.75) is 25.4 Å². The van der Waals surface area contributed by atoms with E-state index < -0.39 is 0 Å². The molecule has 1 saturated carbocycles. The van der Waals surface area contributed by atoms with Gasteiger partial charge < -0.3 is 19.5 Å². The van der Waals surface area contributed by atoms with Crippen LogP contribution in [0.25, 0.3) is 0 Å². The summed E-state index contributed by atoms with van der Waals surface area (Å²) in [5.41, 5.74) is 0.998. The number of nitrogens with zero attached hydrogens (tertiary/aromatic N) is 2. The van der Waals surface area contributed by atoms with Gasteiger partial charge in [0.15, 0.2) is 17.3 Å². The molecule has 144 valence electrons. The maximum Gasteiger partial charge on any atom is 0.197 e. The van der Waals surface area contributed by atoms with Crippen molar-refractivity contribution in [3.05, 3.63) is 48.0 Å². The molecule has 1 saturated heterocycles. The summed E-state index contributed by atoms with van der Waals surface area (Å²) in [6, 6.07) is 8.32. The largest absolute Gasteiger partial charge is 0.506 e. The van der Waals surface area contributed by atoms with Crippen LogP contribution in [-0.4, -0.2) is 47.8 Å². The van der Waals surface area contributed by atoms with Crippen LogP contribution >= 0.6 is 0 Å². The van der Waals surface area contributed by atoms with Gasteiger partial charge >= 0.3 is 0 Å². The molecule has 1 aliphatic heterocycles. The van der Waals surface area contributed by atoms with Crippen LogP contribution in [0, 0.1) is 17.7 Å². The van der Waals surface area contributed by atoms with Crippen LogP contribution < -0.4 is 9.47 Å². The van der Waals surface area contributed by atoms with Gasteiger partial charge in [-0.05, 0) is 48.9 Å². The third kappa shape index (κ3) is 4.00. The lowest BCUT2D eigenvalue weighted by Gasteiger charge is -2.20. The summed E-state index contributed by atoms with van der Waals surface area (Å²) in [7, 11) is 1.53.